The number of alkyl halides is 3. The predicted molar refractivity (Wildman–Crippen MR) is 90.3 cm³/mol. The van der Waals surface area contributed by atoms with Gasteiger partial charge in [0.15, 0.2) is 0 Å². The highest BCUT2D eigenvalue weighted by atomic mass is 79.9. The highest BCUT2D eigenvalue weighted by Gasteiger charge is 2.41. The molecule has 1 aliphatic heterocycles. The van der Waals surface area contributed by atoms with E-state index in [1.54, 1.807) is 12.3 Å². The molecule has 8 heteroatoms. The number of benzene rings is 1. The summed E-state index contributed by atoms with van der Waals surface area (Å²) < 4.78 is 39.3. The molecule has 2 aromatic rings. The molecule has 0 aliphatic carbocycles. The minimum atomic E-state index is -4.43. The van der Waals surface area contributed by atoms with E-state index in [0.29, 0.717) is 5.56 Å². The second-order valence-electron chi connectivity index (χ2n) is 5.27. The summed E-state index contributed by atoms with van der Waals surface area (Å²) in [6, 6.07) is 9.23. The Morgan fingerprint density at radius 1 is 1.25 bits per heavy atom. The van der Waals surface area contributed by atoms with E-state index < -0.39 is 24.0 Å². The molecule has 1 aromatic heterocycles. The molecule has 3 rings (SSSR count). The minimum Gasteiger partial charge on any atom is -0.317 e. The molecule has 0 radical (unpaired) electrons. The molecule has 0 bridgehead atoms. The molecular formula is C16H12BrF3N2OS. The zero-order valence-electron chi connectivity index (χ0n) is 12.3. The minimum absolute atomic E-state index is 0.0371. The van der Waals surface area contributed by atoms with E-state index in [1.165, 1.54) is 18.0 Å². The van der Waals surface area contributed by atoms with Crippen molar-refractivity contribution in [2.75, 3.05) is 12.3 Å². The SMILES string of the molecule is O=C1CSC(c2cnccc2-c2ccc(Br)cc2)N1CC(F)(F)F. The van der Waals surface area contributed by atoms with Gasteiger partial charge in [-0.1, -0.05) is 28.1 Å². The molecule has 1 atom stereocenters. The molecule has 0 saturated carbocycles. The van der Waals surface area contributed by atoms with Crippen molar-refractivity contribution in [1.29, 1.82) is 0 Å². The lowest BCUT2D eigenvalue weighted by atomic mass is 10.0. The first-order valence-electron chi connectivity index (χ1n) is 7.03. The Morgan fingerprint density at radius 2 is 1.96 bits per heavy atom. The van der Waals surface area contributed by atoms with Crippen LogP contribution in [-0.4, -0.2) is 34.3 Å². The third kappa shape index (κ3) is 3.75. The number of pyridine rings is 1. The monoisotopic (exact) mass is 416 g/mol. The van der Waals surface area contributed by atoms with E-state index in [2.05, 4.69) is 20.9 Å². The number of rotatable bonds is 3. The van der Waals surface area contributed by atoms with E-state index in [4.69, 9.17) is 0 Å². The van der Waals surface area contributed by atoms with Gasteiger partial charge in [0.1, 0.15) is 11.9 Å². The first-order valence-corrected chi connectivity index (χ1v) is 8.87. The van der Waals surface area contributed by atoms with Gasteiger partial charge in [0, 0.05) is 22.4 Å². The molecule has 3 nitrogen and oxygen atoms in total. The topological polar surface area (TPSA) is 33.2 Å². The summed E-state index contributed by atoms with van der Waals surface area (Å²) in [5.41, 5.74) is 2.25. The summed E-state index contributed by atoms with van der Waals surface area (Å²) in [7, 11) is 0. The van der Waals surface area contributed by atoms with E-state index >= 15 is 0 Å². The molecule has 1 fully saturated rings. The van der Waals surface area contributed by atoms with Crippen molar-refractivity contribution in [2.45, 2.75) is 11.6 Å². The van der Waals surface area contributed by atoms with Crippen molar-refractivity contribution in [3.8, 4) is 11.1 Å². The zero-order chi connectivity index (χ0) is 17.3. The lowest BCUT2D eigenvalue weighted by molar-refractivity contribution is -0.159. The summed E-state index contributed by atoms with van der Waals surface area (Å²) >= 11 is 4.55. The van der Waals surface area contributed by atoms with Crippen LogP contribution in [-0.2, 0) is 4.79 Å². The predicted octanol–water partition coefficient (Wildman–Crippen LogP) is 4.65. The molecule has 1 aromatic carbocycles. The molecule has 1 amide bonds. The number of halogens is 4. The van der Waals surface area contributed by atoms with Crippen molar-refractivity contribution in [3.63, 3.8) is 0 Å². The second kappa shape index (κ2) is 6.76. The molecule has 1 unspecified atom stereocenters. The Kier molecular flexibility index (Phi) is 4.87. The van der Waals surface area contributed by atoms with E-state index in [0.717, 1.165) is 20.5 Å². The van der Waals surface area contributed by atoms with Gasteiger partial charge in [-0.05, 0) is 29.3 Å². The average molecular weight is 417 g/mol. The van der Waals surface area contributed by atoms with Gasteiger partial charge in [0.05, 0.1) is 5.75 Å². The molecule has 0 N–H and O–H groups in total. The van der Waals surface area contributed by atoms with Crippen LogP contribution in [0.4, 0.5) is 13.2 Å². The van der Waals surface area contributed by atoms with Crippen molar-refractivity contribution < 1.29 is 18.0 Å². The van der Waals surface area contributed by atoms with Gasteiger partial charge in [-0.15, -0.1) is 11.8 Å². The Balaban J connectivity index is 2.00. The maximum absolute atomic E-state index is 12.8. The van der Waals surface area contributed by atoms with Gasteiger partial charge < -0.3 is 4.90 Å². The van der Waals surface area contributed by atoms with Crippen LogP contribution < -0.4 is 0 Å². The Hall–Kier alpha value is -1.54. The van der Waals surface area contributed by atoms with Crippen LogP contribution in [0.5, 0.6) is 0 Å². The number of nitrogens with zero attached hydrogens (tertiary/aromatic N) is 2. The quantitative estimate of drug-likeness (QED) is 0.729. The van der Waals surface area contributed by atoms with Gasteiger partial charge in [0.25, 0.3) is 0 Å². The van der Waals surface area contributed by atoms with Gasteiger partial charge in [-0.3, -0.25) is 9.78 Å². The summed E-state index contributed by atoms with van der Waals surface area (Å²) in [6.07, 6.45) is -1.30. The first kappa shape index (κ1) is 17.3. The molecule has 0 spiro atoms. The lowest BCUT2D eigenvalue weighted by Crippen LogP contribution is -2.37. The van der Waals surface area contributed by atoms with Crippen molar-refractivity contribution in [1.82, 2.24) is 9.88 Å². The fourth-order valence-corrected chi connectivity index (χ4v) is 4.04. The lowest BCUT2D eigenvalue weighted by Gasteiger charge is -2.26. The van der Waals surface area contributed by atoms with Crippen LogP contribution in [0.1, 0.15) is 10.9 Å². The fraction of sp³-hybridized carbons (Fsp3) is 0.250. The fourth-order valence-electron chi connectivity index (χ4n) is 2.57. The highest BCUT2D eigenvalue weighted by Crippen LogP contribution is 2.43. The summed E-state index contributed by atoms with van der Waals surface area (Å²) in [4.78, 5) is 16.8. The third-order valence-electron chi connectivity index (χ3n) is 3.59. The molecule has 1 aliphatic rings. The van der Waals surface area contributed by atoms with E-state index in [9.17, 15) is 18.0 Å². The number of hydrogen-bond donors (Lipinski definition) is 0. The number of carbonyl (C=O) groups is 1. The zero-order valence-corrected chi connectivity index (χ0v) is 14.7. The summed E-state index contributed by atoms with van der Waals surface area (Å²) in [5, 5.41) is -0.688. The third-order valence-corrected chi connectivity index (χ3v) is 5.36. The summed E-state index contributed by atoms with van der Waals surface area (Å²) in [5.74, 6) is -0.469. The van der Waals surface area contributed by atoms with Crippen molar-refractivity contribution >= 4 is 33.6 Å². The van der Waals surface area contributed by atoms with Crippen LogP contribution in [0.25, 0.3) is 11.1 Å². The molecular weight excluding hydrogens is 405 g/mol. The smallest absolute Gasteiger partial charge is 0.317 e. The number of aromatic nitrogens is 1. The maximum Gasteiger partial charge on any atom is 0.406 e. The van der Waals surface area contributed by atoms with Gasteiger partial charge in [0.2, 0.25) is 5.91 Å². The summed E-state index contributed by atoms with van der Waals surface area (Å²) in [6.45, 7) is -1.25. The van der Waals surface area contributed by atoms with Crippen molar-refractivity contribution in [3.05, 3.63) is 52.8 Å². The number of carbonyl (C=O) groups excluding carboxylic acids is 1. The van der Waals surface area contributed by atoms with Crippen LogP contribution in [0.2, 0.25) is 0 Å². The van der Waals surface area contributed by atoms with Gasteiger partial charge in [-0.25, -0.2) is 0 Å². The Bertz CT molecular complexity index is 752. The number of hydrogen-bond acceptors (Lipinski definition) is 3. The van der Waals surface area contributed by atoms with Crippen LogP contribution in [0, 0.1) is 0 Å². The normalized spacial score (nSPS) is 18.2. The van der Waals surface area contributed by atoms with Crippen molar-refractivity contribution in [2.24, 2.45) is 0 Å². The molecule has 24 heavy (non-hydrogen) atoms. The highest BCUT2D eigenvalue weighted by molar-refractivity contribution is 9.10. The number of thioether (sulfide) groups is 1. The molecule has 1 saturated heterocycles. The number of amides is 1. The molecule has 2 heterocycles. The van der Waals surface area contributed by atoms with E-state index in [-0.39, 0.29) is 5.75 Å². The Morgan fingerprint density at radius 3 is 2.62 bits per heavy atom. The second-order valence-corrected chi connectivity index (χ2v) is 7.25. The van der Waals surface area contributed by atoms with Gasteiger partial charge >= 0.3 is 6.18 Å². The molecule has 126 valence electrons. The average Bonchev–Trinajstić information content (AvgIpc) is 2.87. The van der Waals surface area contributed by atoms with E-state index in [1.807, 2.05) is 24.3 Å². The largest absolute Gasteiger partial charge is 0.406 e. The van der Waals surface area contributed by atoms with Crippen LogP contribution >= 0.6 is 27.7 Å². The van der Waals surface area contributed by atoms with Crippen LogP contribution in [0.3, 0.4) is 0 Å². The Labute approximate surface area is 149 Å². The maximum atomic E-state index is 12.8. The van der Waals surface area contributed by atoms with Crippen LogP contribution in [0.15, 0.2) is 47.2 Å². The first-order chi connectivity index (χ1) is 11.3. The van der Waals surface area contributed by atoms with Gasteiger partial charge in [-0.2, -0.15) is 13.2 Å². The standard InChI is InChI=1S/C16H12BrF3N2OS/c17-11-3-1-10(2-4-11)12-5-6-21-7-13(12)15-22(9-16(18,19)20)14(23)8-24-15/h1-7,15H,8-9H2.